The highest BCUT2D eigenvalue weighted by atomic mass is 35.5. The van der Waals surface area contributed by atoms with E-state index in [1.165, 1.54) is 0 Å². The molecule has 1 aromatic carbocycles. The second-order valence-corrected chi connectivity index (χ2v) is 10.1. The lowest BCUT2D eigenvalue weighted by molar-refractivity contribution is 0.176. The third-order valence-electron chi connectivity index (χ3n) is 7.30. The summed E-state index contributed by atoms with van der Waals surface area (Å²) >= 11 is 12.6. The maximum Gasteiger partial charge on any atom is 0.317 e. The van der Waals surface area contributed by atoms with Gasteiger partial charge in [0.2, 0.25) is 0 Å². The Bertz CT molecular complexity index is 830. The summed E-state index contributed by atoms with van der Waals surface area (Å²) in [7, 11) is 0. The molecule has 4 rings (SSSR count). The van der Waals surface area contributed by atoms with E-state index in [-0.39, 0.29) is 12.1 Å². The Morgan fingerprint density at radius 1 is 1.09 bits per heavy atom. The maximum atomic E-state index is 12.3. The Kier molecular flexibility index (Phi) is 8.04. The predicted molar refractivity (Wildman–Crippen MR) is 129 cm³/mol. The van der Waals surface area contributed by atoms with Gasteiger partial charge < -0.3 is 15.1 Å². The monoisotopic (exact) mass is 477 g/mol. The lowest BCUT2D eigenvalue weighted by atomic mass is 9.84. The molecule has 1 N–H and O–H groups in total. The Balaban J connectivity index is 1.21. The first kappa shape index (κ1) is 23.5. The lowest BCUT2D eigenvalue weighted by Gasteiger charge is -2.40. The number of nitriles is 1. The highest BCUT2D eigenvalue weighted by Crippen LogP contribution is 2.34. The van der Waals surface area contributed by atoms with Crippen LogP contribution in [-0.4, -0.2) is 67.2 Å². The fraction of sp³-hybridized carbons (Fsp3) is 0.667. The van der Waals surface area contributed by atoms with Crippen LogP contribution in [-0.2, 0) is 0 Å². The van der Waals surface area contributed by atoms with Crippen LogP contribution in [0.4, 0.5) is 10.5 Å². The SMILES string of the molecule is N#C[C@@H]1CN(c2cccc(Cl)c2Cl)CCN1CC[C@H]1CC[C@H](NC(=O)N2CCCC2)CC1. The lowest BCUT2D eigenvalue weighted by Crippen LogP contribution is -2.53. The first-order valence-electron chi connectivity index (χ1n) is 11.9. The number of carbonyl (C=O) groups excluding carboxylic acids is 1. The molecule has 0 unspecified atom stereocenters. The largest absolute Gasteiger partial charge is 0.366 e. The van der Waals surface area contributed by atoms with Crippen molar-refractivity contribution in [2.75, 3.05) is 44.2 Å². The van der Waals surface area contributed by atoms with Crippen LogP contribution in [0.1, 0.15) is 44.9 Å². The van der Waals surface area contributed by atoms with E-state index in [1.54, 1.807) is 6.07 Å². The number of nitrogens with zero attached hydrogens (tertiary/aromatic N) is 4. The van der Waals surface area contributed by atoms with Gasteiger partial charge in [-0.1, -0.05) is 29.3 Å². The summed E-state index contributed by atoms with van der Waals surface area (Å²) in [5, 5.41) is 14.1. The summed E-state index contributed by atoms with van der Waals surface area (Å²) in [6, 6.07) is 8.45. The second-order valence-electron chi connectivity index (χ2n) is 9.35. The number of likely N-dealkylation sites (tertiary alicyclic amines) is 1. The van der Waals surface area contributed by atoms with E-state index >= 15 is 0 Å². The van der Waals surface area contributed by atoms with Gasteiger partial charge in [-0.15, -0.1) is 0 Å². The third-order valence-corrected chi connectivity index (χ3v) is 8.11. The number of benzene rings is 1. The van der Waals surface area contributed by atoms with E-state index < -0.39 is 0 Å². The number of urea groups is 1. The number of halogens is 2. The highest BCUT2D eigenvalue weighted by Gasteiger charge is 2.30. The van der Waals surface area contributed by atoms with Gasteiger partial charge in [0, 0.05) is 38.8 Å². The molecule has 0 spiro atoms. The van der Waals surface area contributed by atoms with Gasteiger partial charge in [-0.25, -0.2) is 4.79 Å². The molecule has 2 saturated heterocycles. The van der Waals surface area contributed by atoms with Crippen LogP contribution >= 0.6 is 23.2 Å². The molecular weight excluding hydrogens is 445 g/mol. The smallest absolute Gasteiger partial charge is 0.317 e. The quantitative estimate of drug-likeness (QED) is 0.663. The zero-order valence-electron chi connectivity index (χ0n) is 18.6. The van der Waals surface area contributed by atoms with Crippen molar-refractivity contribution >= 4 is 34.9 Å². The van der Waals surface area contributed by atoms with Crippen molar-refractivity contribution in [3.05, 3.63) is 28.2 Å². The van der Waals surface area contributed by atoms with Crippen molar-refractivity contribution in [3.8, 4) is 6.07 Å². The minimum Gasteiger partial charge on any atom is -0.366 e. The molecule has 2 aliphatic heterocycles. The van der Waals surface area contributed by atoms with Gasteiger partial charge in [0.1, 0.15) is 6.04 Å². The summed E-state index contributed by atoms with van der Waals surface area (Å²) in [4.78, 5) is 18.8. The Hall–Kier alpha value is -1.68. The molecular formula is C24H33Cl2N5O. The standard InChI is InChI=1S/C24H33Cl2N5O/c25-21-4-3-5-22(23(21)26)31-15-14-29(20(16-27)17-31)13-10-18-6-8-19(9-7-18)28-24(32)30-11-1-2-12-30/h3-5,18-20H,1-2,6-15,17H2,(H,28,32)/t18-,19-,20-/m1/s1. The van der Waals surface area contributed by atoms with Gasteiger partial charge in [0.05, 0.1) is 21.8 Å². The summed E-state index contributed by atoms with van der Waals surface area (Å²) < 4.78 is 0. The van der Waals surface area contributed by atoms with Crippen LogP contribution in [0.3, 0.4) is 0 Å². The zero-order chi connectivity index (χ0) is 22.5. The molecule has 32 heavy (non-hydrogen) atoms. The summed E-state index contributed by atoms with van der Waals surface area (Å²) in [6.45, 7) is 5.09. The van der Waals surface area contributed by atoms with E-state index in [4.69, 9.17) is 23.2 Å². The number of amides is 2. The Labute approximate surface area is 201 Å². The average molecular weight is 478 g/mol. The molecule has 1 aliphatic carbocycles. The first-order valence-corrected chi connectivity index (χ1v) is 12.7. The van der Waals surface area contributed by atoms with Crippen LogP contribution in [0, 0.1) is 17.2 Å². The maximum absolute atomic E-state index is 12.3. The minimum atomic E-state index is -0.144. The van der Waals surface area contributed by atoms with Crippen LogP contribution < -0.4 is 10.2 Å². The molecule has 1 aromatic rings. The van der Waals surface area contributed by atoms with Crippen molar-refractivity contribution < 1.29 is 4.79 Å². The van der Waals surface area contributed by atoms with Gasteiger partial charge >= 0.3 is 6.03 Å². The van der Waals surface area contributed by atoms with E-state index in [0.29, 0.717) is 28.5 Å². The highest BCUT2D eigenvalue weighted by molar-refractivity contribution is 6.43. The molecule has 1 saturated carbocycles. The van der Waals surface area contributed by atoms with E-state index in [9.17, 15) is 10.1 Å². The molecule has 0 bridgehead atoms. The molecule has 8 heteroatoms. The number of piperazine rings is 1. The van der Waals surface area contributed by atoms with Gasteiger partial charge in [0.25, 0.3) is 0 Å². The van der Waals surface area contributed by atoms with Crippen molar-refractivity contribution in [1.82, 2.24) is 15.1 Å². The van der Waals surface area contributed by atoms with Gasteiger partial charge in [-0.3, -0.25) is 4.90 Å². The number of carbonyl (C=O) groups is 1. The zero-order valence-corrected chi connectivity index (χ0v) is 20.1. The van der Waals surface area contributed by atoms with Crippen molar-refractivity contribution in [2.24, 2.45) is 5.92 Å². The molecule has 0 radical (unpaired) electrons. The predicted octanol–water partition coefficient (Wildman–Crippen LogP) is 4.76. The Morgan fingerprint density at radius 3 is 2.56 bits per heavy atom. The fourth-order valence-corrected chi connectivity index (χ4v) is 5.71. The summed E-state index contributed by atoms with van der Waals surface area (Å²) in [6.07, 6.45) is 7.80. The molecule has 2 heterocycles. The van der Waals surface area contributed by atoms with Crippen molar-refractivity contribution in [2.45, 2.75) is 57.0 Å². The fourth-order valence-electron chi connectivity index (χ4n) is 5.30. The van der Waals surface area contributed by atoms with E-state index in [1.807, 2.05) is 17.0 Å². The molecule has 0 aromatic heterocycles. The van der Waals surface area contributed by atoms with Gasteiger partial charge in [0.15, 0.2) is 0 Å². The van der Waals surface area contributed by atoms with Crippen molar-refractivity contribution in [3.63, 3.8) is 0 Å². The van der Waals surface area contributed by atoms with Crippen LogP contribution in [0.15, 0.2) is 18.2 Å². The molecule has 3 fully saturated rings. The molecule has 1 atom stereocenters. The van der Waals surface area contributed by atoms with Crippen LogP contribution in [0.2, 0.25) is 10.0 Å². The Morgan fingerprint density at radius 2 is 1.84 bits per heavy atom. The molecule has 6 nitrogen and oxygen atoms in total. The third kappa shape index (κ3) is 5.62. The molecule has 2 amide bonds. The number of anilines is 1. The molecule has 3 aliphatic rings. The number of hydrogen-bond acceptors (Lipinski definition) is 4. The van der Waals surface area contributed by atoms with Crippen molar-refractivity contribution in [1.29, 1.82) is 5.26 Å². The minimum absolute atomic E-state index is 0.125. The number of nitrogens with one attached hydrogen (secondary N) is 1. The van der Waals surface area contributed by atoms with E-state index in [2.05, 4.69) is 21.2 Å². The van der Waals surface area contributed by atoms with Crippen LogP contribution in [0.5, 0.6) is 0 Å². The van der Waals surface area contributed by atoms with Crippen LogP contribution in [0.25, 0.3) is 0 Å². The van der Waals surface area contributed by atoms with Gasteiger partial charge in [-0.05, 0) is 69.5 Å². The second kappa shape index (κ2) is 11.0. The summed E-state index contributed by atoms with van der Waals surface area (Å²) in [5.74, 6) is 0.676. The topological polar surface area (TPSA) is 62.6 Å². The van der Waals surface area contributed by atoms with Gasteiger partial charge in [-0.2, -0.15) is 5.26 Å². The molecule has 174 valence electrons. The number of rotatable bonds is 5. The average Bonchev–Trinajstić information content (AvgIpc) is 3.36. The normalized spacial score (nSPS) is 26.7. The summed E-state index contributed by atoms with van der Waals surface area (Å²) in [5.41, 5.74) is 0.911. The van der Waals surface area contributed by atoms with E-state index in [0.717, 1.165) is 83.4 Å². The number of hydrogen-bond donors (Lipinski definition) is 1. The first-order chi connectivity index (χ1) is 15.5.